The summed E-state index contributed by atoms with van der Waals surface area (Å²) in [7, 11) is 11.5. The smallest absolute Gasteiger partial charge is 0.318 e. The minimum atomic E-state index is -0.830. The third kappa shape index (κ3) is 8.29. The number of esters is 1. The molecule has 0 aliphatic carbocycles. The van der Waals surface area contributed by atoms with E-state index in [0.29, 0.717) is 6.42 Å². The van der Waals surface area contributed by atoms with E-state index in [4.69, 9.17) is 4.74 Å². The van der Waals surface area contributed by atoms with Crippen LogP contribution >= 0.6 is 0 Å². The van der Waals surface area contributed by atoms with Crippen LogP contribution in [0, 0.1) is 5.92 Å². The number of nitrogens with zero attached hydrogens (tertiary/aromatic N) is 3. The minimum absolute atomic E-state index is 0.0594. The van der Waals surface area contributed by atoms with Crippen LogP contribution in [0.5, 0.6) is 0 Å². The third-order valence-corrected chi connectivity index (χ3v) is 3.69. The second-order valence-electron chi connectivity index (χ2n) is 6.89. The van der Waals surface area contributed by atoms with Crippen molar-refractivity contribution in [1.29, 1.82) is 0 Å². The van der Waals surface area contributed by atoms with Crippen LogP contribution in [0.2, 0.25) is 0 Å². The highest BCUT2D eigenvalue weighted by molar-refractivity contribution is 6.01. The molecule has 0 spiro atoms. The van der Waals surface area contributed by atoms with Gasteiger partial charge in [0.15, 0.2) is 6.21 Å². The van der Waals surface area contributed by atoms with Crippen molar-refractivity contribution in [3.8, 4) is 0 Å². The van der Waals surface area contributed by atoms with Gasteiger partial charge in [-0.15, -0.1) is 0 Å². The second kappa shape index (κ2) is 11.8. The summed E-state index contributed by atoms with van der Waals surface area (Å²) in [5, 5.41) is 0. The molecule has 0 aliphatic heterocycles. The predicted molar refractivity (Wildman–Crippen MR) is 102 cm³/mol. The Morgan fingerprint density at radius 3 is 2.12 bits per heavy atom. The lowest BCUT2D eigenvalue weighted by molar-refractivity contribution is -0.459. The Morgan fingerprint density at radius 1 is 1.12 bits per heavy atom. The number of hydrogen-bond donors (Lipinski definition) is 0. The summed E-state index contributed by atoms with van der Waals surface area (Å²) in [6, 6.07) is -0.381. The quantitative estimate of drug-likeness (QED) is 0.244. The minimum Gasteiger partial charge on any atom is -0.465 e. The number of carbonyl (C=O) groups excluding carboxylic acids is 2. The molecular formula is C19H36N3O3+. The topological polar surface area (TPSA) is 52.9 Å². The van der Waals surface area contributed by atoms with Crippen molar-refractivity contribution in [3.63, 3.8) is 0 Å². The molecule has 0 bridgehead atoms. The number of hydrogen-bond acceptors (Lipinski definition) is 5. The van der Waals surface area contributed by atoms with E-state index in [0.717, 1.165) is 18.4 Å². The van der Waals surface area contributed by atoms with Gasteiger partial charge in [-0.3, -0.25) is 9.59 Å². The van der Waals surface area contributed by atoms with E-state index in [-0.39, 0.29) is 18.4 Å². The normalized spacial score (nSPS) is 14.0. The predicted octanol–water partition coefficient (Wildman–Crippen LogP) is 1.64. The van der Waals surface area contributed by atoms with Gasteiger partial charge in [-0.1, -0.05) is 13.3 Å². The Kier molecular flexibility index (Phi) is 11.0. The monoisotopic (exact) mass is 354 g/mol. The van der Waals surface area contributed by atoms with Crippen LogP contribution in [0.1, 0.15) is 33.1 Å². The van der Waals surface area contributed by atoms with Crippen molar-refractivity contribution in [1.82, 2.24) is 9.80 Å². The SMILES string of the molecule is CCCCC(=O)C(C(=O)OCC)C(/C(C=[N+](C)C)=C/N(C)C)N(C)C. The van der Waals surface area contributed by atoms with Crippen LogP contribution in [0.25, 0.3) is 0 Å². The Labute approximate surface area is 153 Å². The van der Waals surface area contributed by atoms with E-state index < -0.39 is 11.9 Å². The van der Waals surface area contributed by atoms with E-state index >= 15 is 0 Å². The van der Waals surface area contributed by atoms with E-state index in [2.05, 4.69) is 0 Å². The molecule has 0 aromatic heterocycles. The summed E-state index contributed by atoms with van der Waals surface area (Å²) in [5.74, 6) is -1.33. The first kappa shape index (κ1) is 23.3. The summed E-state index contributed by atoms with van der Waals surface area (Å²) in [6.45, 7) is 4.06. The average Bonchev–Trinajstić information content (AvgIpc) is 2.48. The molecule has 0 aromatic carbocycles. The first-order valence-electron chi connectivity index (χ1n) is 8.90. The number of ether oxygens (including phenoxy) is 1. The zero-order chi connectivity index (χ0) is 19.6. The Hall–Kier alpha value is -1.69. The zero-order valence-corrected chi connectivity index (χ0v) is 17.2. The highest BCUT2D eigenvalue weighted by atomic mass is 16.5. The highest BCUT2D eigenvalue weighted by Gasteiger charge is 2.39. The molecule has 144 valence electrons. The van der Waals surface area contributed by atoms with Gasteiger partial charge in [-0.25, -0.2) is 4.58 Å². The van der Waals surface area contributed by atoms with Gasteiger partial charge in [0, 0.05) is 32.3 Å². The summed E-state index contributed by atoms with van der Waals surface area (Å²) in [6.07, 6.45) is 5.98. The number of carbonyl (C=O) groups is 2. The molecule has 2 atom stereocenters. The molecule has 0 aromatic rings. The number of unbranched alkanes of at least 4 members (excludes halogenated alkanes) is 1. The lowest BCUT2D eigenvalue weighted by Crippen LogP contribution is -2.46. The molecule has 0 N–H and O–H groups in total. The number of Topliss-reactive ketones (excluding diaryl/α,β-unsaturated/α-hetero) is 1. The van der Waals surface area contributed by atoms with E-state index in [9.17, 15) is 9.59 Å². The first-order chi connectivity index (χ1) is 11.6. The largest absolute Gasteiger partial charge is 0.465 e. The standard InChI is InChI=1S/C19H36N3O3/c1-9-11-12-16(23)17(19(24)25-10-2)18(22(7)8)15(13-20(3)4)14-21(5)6/h13-14,17-18H,9-12H2,1-8H3/q+1. The van der Waals surface area contributed by atoms with Gasteiger partial charge in [-0.05, 0) is 27.4 Å². The second-order valence-corrected chi connectivity index (χ2v) is 6.89. The number of ketones is 1. The van der Waals surface area contributed by atoms with Gasteiger partial charge in [0.25, 0.3) is 0 Å². The molecule has 6 heteroatoms. The van der Waals surface area contributed by atoms with Gasteiger partial charge in [0.05, 0.1) is 12.6 Å². The van der Waals surface area contributed by atoms with Crippen LogP contribution in [0.15, 0.2) is 11.8 Å². The fraction of sp³-hybridized carbons (Fsp3) is 0.737. The first-order valence-corrected chi connectivity index (χ1v) is 8.90. The van der Waals surface area contributed by atoms with Crippen molar-refractivity contribution in [2.24, 2.45) is 5.92 Å². The summed E-state index contributed by atoms with van der Waals surface area (Å²) in [4.78, 5) is 29.3. The van der Waals surface area contributed by atoms with Crippen molar-refractivity contribution in [3.05, 3.63) is 11.8 Å². The van der Waals surface area contributed by atoms with Crippen LogP contribution in [-0.4, -0.2) is 87.3 Å². The van der Waals surface area contributed by atoms with Gasteiger partial charge >= 0.3 is 5.97 Å². The molecule has 6 nitrogen and oxygen atoms in total. The zero-order valence-electron chi connectivity index (χ0n) is 17.2. The van der Waals surface area contributed by atoms with Crippen molar-refractivity contribution in [2.75, 3.05) is 48.9 Å². The molecule has 0 saturated carbocycles. The fourth-order valence-corrected chi connectivity index (χ4v) is 2.75. The van der Waals surface area contributed by atoms with Gasteiger partial charge in [0.1, 0.15) is 25.8 Å². The van der Waals surface area contributed by atoms with Gasteiger partial charge in [0.2, 0.25) is 0 Å². The molecular weight excluding hydrogens is 318 g/mol. The van der Waals surface area contributed by atoms with Crippen LogP contribution in [0.3, 0.4) is 0 Å². The number of rotatable bonds is 11. The van der Waals surface area contributed by atoms with E-state index in [1.165, 1.54) is 0 Å². The molecule has 25 heavy (non-hydrogen) atoms. The van der Waals surface area contributed by atoms with E-state index in [1.54, 1.807) is 6.92 Å². The van der Waals surface area contributed by atoms with Crippen molar-refractivity contribution < 1.29 is 18.9 Å². The third-order valence-electron chi connectivity index (χ3n) is 3.69. The molecule has 0 saturated heterocycles. The molecule has 0 fully saturated rings. The van der Waals surface area contributed by atoms with Crippen LogP contribution in [0.4, 0.5) is 0 Å². The van der Waals surface area contributed by atoms with Crippen molar-refractivity contribution in [2.45, 2.75) is 39.2 Å². The van der Waals surface area contributed by atoms with Crippen LogP contribution in [-0.2, 0) is 14.3 Å². The van der Waals surface area contributed by atoms with Gasteiger partial charge < -0.3 is 14.5 Å². The molecule has 0 heterocycles. The lowest BCUT2D eigenvalue weighted by atomic mass is 9.87. The Bertz CT molecular complexity index is 492. The molecule has 0 rings (SSSR count). The van der Waals surface area contributed by atoms with Gasteiger partial charge in [-0.2, -0.15) is 0 Å². The summed E-state index contributed by atoms with van der Waals surface area (Å²) >= 11 is 0. The highest BCUT2D eigenvalue weighted by Crippen LogP contribution is 2.22. The molecule has 0 amide bonds. The maximum atomic E-state index is 12.8. The fourth-order valence-electron chi connectivity index (χ4n) is 2.75. The Balaban J connectivity index is 6.07. The molecule has 0 aliphatic rings. The lowest BCUT2D eigenvalue weighted by Gasteiger charge is -2.31. The maximum absolute atomic E-state index is 12.8. The van der Waals surface area contributed by atoms with E-state index in [1.807, 2.05) is 76.0 Å². The summed E-state index contributed by atoms with van der Waals surface area (Å²) in [5.41, 5.74) is 0.892. The molecule has 0 radical (unpaired) electrons. The average molecular weight is 355 g/mol. The van der Waals surface area contributed by atoms with Crippen LogP contribution < -0.4 is 0 Å². The maximum Gasteiger partial charge on any atom is 0.318 e. The Morgan fingerprint density at radius 2 is 1.72 bits per heavy atom. The summed E-state index contributed by atoms with van der Waals surface area (Å²) < 4.78 is 7.16. The molecule has 2 unspecified atom stereocenters. The number of likely N-dealkylation sites (N-methyl/N-ethyl adjacent to an activating group) is 1. The van der Waals surface area contributed by atoms with Crippen molar-refractivity contribution >= 4 is 18.0 Å².